The van der Waals surface area contributed by atoms with E-state index in [1.54, 1.807) is 54.6 Å². The second-order valence-electron chi connectivity index (χ2n) is 5.28. The molecular weight excluding hydrogens is 344 g/mol. The predicted octanol–water partition coefficient (Wildman–Crippen LogP) is 2.59. The number of aryl methyl sites for hydroxylation is 1. The summed E-state index contributed by atoms with van der Waals surface area (Å²) < 4.78 is 10.7. The molecule has 25 heavy (non-hydrogen) atoms. The highest BCUT2D eigenvalue weighted by Crippen LogP contribution is 2.29. The highest BCUT2D eigenvalue weighted by molar-refractivity contribution is 7.11. The molecule has 0 saturated carbocycles. The number of amides is 1. The Morgan fingerprint density at radius 3 is 2.64 bits per heavy atom. The SMILES string of the molecule is CCOc1cc(C(=O)N(C)Cc2cnc(C)s2)ccc1OCC(=O)O. The van der Waals surface area contributed by atoms with E-state index in [0.717, 1.165) is 9.88 Å². The van der Waals surface area contributed by atoms with Crippen LogP contribution < -0.4 is 9.47 Å². The second kappa shape index (κ2) is 8.48. The number of carbonyl (C=O) groups is 2. The molecule has 2 rings (SSSR count). The Hall–Kier alpha value is -2.61. The largest absolute Gasteiger partial charge is 0.490 e. The Balaban J connectivity index is 2.15. The Morgan fingerprint density at radius 1 is 1.28 bits per heavy atom. The highest BCUT2D eigenvalue weighted by Gasteiger charge is 2.16. The summed E-state index contributed by atoms with van der Waals surface area (Å²) in [7, 11) is 1.71. The molecule has 0 spiro atoms. The van der Waals surface area contributed by atoms with E-state index in [1.807, 2.05) is 6.92 Å². The van der Waals surface area contributed by atoms with Gasteiger partial charge in [-0.25, -0.2) is 9.78 Å². The van der Waals surface area contributed by atoms with E-state index in [2.05, 4.69) is 4.98 Å². The van der Waals surface area contributed by atoms with Gasteiger partial charge in [0.25, 0.3) is 5.91 Å². The minimum atomic E-state index is -1.08. The lowest BCUT2D eigenvalue weighted by Crippen LogP contribution is -2.25. The fourth-order valence-corrected chi connectivity index (χ4v) is 3.02. The van der Waals surface area contributed by atoms with E-state index in [9.17, 15) is 9.59 Å². The van der Waals surface area contributed by atoms with E-state index < -0.39 is 12.6 Å². The summed E-state index contributed by atoms with van der Waals surface area (Å²) in [6.45, 7) is 4.08. The zero-order valence-electron chi connectivity index (χ0n) is 14.3. The summed E-state index contributed by atoms with van der Waals surface area (Å²) in [5, 5.41) is 9.68. The van der Waals surface area contributed by atoms with Gasteiger partial charge in [-0.1, -0.05) is 0 Å². The molecule has 7 nitrogen and oxygen atoms in total. The van der Waals surface area contributed by atoms with Crippen LogP contribution in [0.2, 0.25) is 0 Å². The molecule has 1 N–H and O–H groups in total. The number of aliphatic carboxylic acids is 1. The maximum Gasteiger partial charge on any atom is 0.341 e. The number of carbonyl (C=O) groups excluding carboxylic acids is 1. The van der Waals surface area contributed by atoms with Crippen molar-refractivity contribution in [3.63, 3.8) is 0 Å². The van der Waals surface area contributed by atoms with Crippen LogP contribution in [0.1, 0.15) is 27.2 Å². The Labute approximate surface area is 149 Å². The molecule has 1 aromatic heterocycles. The zero-order chi connectivity index (χ0) is 18.4. The van der Waals surface area contributed by atoms with Gasteiger partial charge in [-0.05, 0) is 32.0 Å². The summed E-state index contributed by atoms with van der Waals surface area (Å²) in [5.41, 5.74) is 0.440. The maximum absolute atomic E-state index is 12.6. The van der Waals surface area contributed by atoms with Crippen LogP contribution in [0.4, 0.5) is 0 Å². The van der Waals surface area contributed by atoms with Gasteiger partial charge in [-0.3, -0.25) is 4.79 Å². The third-order valence-corrected chi connectivity index (χ3v) is 4.15. The van der Waals surface area contributed by atoms with E-state index in [-0.39, 0.29) is 5.91 Å². The number of aromatic nitrogens is 1. The van der Waals surface area contributed by atoms with Crippen LogP contribution in [-0.2, 0) is 11.3 Å². The third-order valence-electron chi connectivity index (χ3n) is 3.25. The van der Waals surface area contributed by atoms with Crippen molar-refractivity contribution in [3.05, 3.63) is 39.8 Å². The second-order valence-corrected chi connectivity index (χ2v) is 6.60. The number of thiazole rings is 1. The molecule has 0 aliphatic carbocycles. The molecule has 0 atom stereocenters. The average Bonchev–Trinajstić information content (AvgIpc) is 2.98. The van der Waals surface area contributed by atoms with Gasteiger partial charge in [0.05, 0.1) is 18.2 Å². The Bertz CT molecular complexity index is 759. The fraction of sp³-hybridized carbons (Fsp3) is 0.353. The lowest BCUT2D eigenvalue weighted by atomic mass is 10.1. The van der Waals surface area contributed by atoms with Gasteiger partial charge in [0, 0.05) is 23.7 Å². The lowest BCUT2D eigenvalue weighted by molar-refractivity contribution is -0.139. The minimum absolute atomic E-state index is 0.170. The summed E-state index contributed by atoms with van der Waals surface area (Å²) in [6.07, 6.45) is 1.76. The van der Waals surface area contributed by atoms with Gasteiger partial charge in [0.15, 0.2) is 18.1 Å². The highest BCUT2D eigenvalue weighted by atomic mass is 32.1. The van der Waals surface area contributed by atoms with Crippen molar-refractivity contribution in [3.8, 4) is 11.5 Å². The molecular formula is C17H20N2O5S. The van der Waals surface area contributed by atoms with Crippen molar-refractivity contribution in [2.75, 3.05) is 20.3 Å². The van der Waals surface area contributed by atoms with Gasteiger partial charge in [0.2, 0.25) is 0 Å². The first-order chi connectivity index (χ1) is 11.9. The molecule has 1 heterocycles. The first-order valence-corrected chi connectivity index (χ1v) is 8.50. The van der Waals surface area contributed by atoms with Crippen LogP contribution >= 0.6 is 11.3 Å². The number of carboxylic acids is 1. The molecule has 0 unspecified atom stereocenters. The van der Waals surface area contributed by atoms with Crippen molar-refractivity contribution >= 4 is 23.2 Å². The van der Waals surface area contributed by atoms with E-state index >= 15 is 0 Å². The van der Waals surface area contributed by atoms with Crippen molar-refractivity contribution in [2.45, 2.75) is 20.4 Å². The zero-order valence-corrected chi connectivity index (χ0v) is 15.1. The number of nitrogens with zero attached hydrogens (tertiary/aromatic N) is 2. The van der Waals surface area contributed by atoms with Crippen molar-refractivity contribution in [2.24, 2.45) is 0 Å². The molecule has 1 aromatic carbocycles. The molecule has 134 valence electrons. The number of carboxylic acid groups (broad SMARTS) is 1. The first-order valence-electron chi connectivity index (χ1n) is 7.69. The van der Waals surface area contributed by atoms with Gasteiger partial charge >= 0.3 is 5.97 Å². The standard InChI is InChI=1S/C17H20N2O5S/c1-4-23-15-7-12(5-6-14(15)24-10-16(20)21)17(22)19(3)9-13-8-18-11(2)25-13/h5-8H,4,9-10H2,1-3H3,(H,20,21). The van der Waals surface area contributed by atoms with Gasteiger partial charge < -0.3 is 19.5 Å². The molecule has 0 radical (unpaired) electrons. The van der Waals surface area contributed by atoms with Crippen molar-refractivity contribution in [1.29, 1.82) is 0 Å². The lowest BCUT2D eigenvalue weighted by Gasteiger charge is -2.17. The van der Waals surface area contributed by atoms with Crippen LogP contribution in [0.3, 0.4) is 0 Å². The fourth-order valence-electron chi connectivity index (χ4n) is 2.17. The first kappa shape index (κ1) is 18.7. The smallest absolute Gasteiger partial charge is 0.341 e. The Morgan fingerprint density at radius 2 is 2.04 bits per heavy atom. The predicted molar refractivity (Wildman–Crippen MR) is 93.4 cm³/mol. The molecule has 0 aliphatic rings. The number of hydrogen-bond acceptors (Lipinski definition) is 6. The Kier molecular flexibility index (Phi) is 6.35. The molecule has 1 amide bonds. The summed E-state index contributed by atoms with van der Waals surface area (Å²) in [4.78, 5) is 30.0. The van der Waals surface area contributed by atoms with Crippen LogP contribution in [-0.4, -0.2) is 47.1 Å². The number of benzene rings is 1. The minimum Gasteiger partial charge on any atom is -0.490 e. The van der Waals surface area contributed by atoms with Crippen LogP contribution in [0, 0.1) is 6.92 Å². The van der Waals surface area contributed by atoms with Gasteiger partial charge in [-0.15, -0.1) is 11.3 Å². The topological polar surface area (TPSA) is 89.0 Å². The normalized spacial score (nSPS) is 10.4. The maximum atomic E-state index is 12.6. The van der Waals surface area contributed by atoms with E-state index in [1.165, 1.54) is 0 Å². The van der Waals surface area contributed by atoms with Gasteiger partial charge in [0.1, 0.15) is 0 Å². The number of rotatable bonds is 8. The van der Waals surface area contributed by atoms with Crippen LogP contribution in [0.15, 0.2) is 24.4 Å². The molecule has 2 aromatic rings. The van der Waals surface area contributed by atoms with Gasteiger partial charge in [-0.2, -0.15) is 0 Å². The molecule has 8 heteroatoms. The molecule has 0 saturated heterocycles. The van der Waals surface area contributed by atoms with Crippen molar-refractivity contribution in [1.82, 2.24) is 9.88 Å². The van der Waals surface area contributed by atoms with Crippen LogP contribution in [0.5, 0.6) is 11.5 Å². The quantitative estimate of drug-likeness (QED) is 0.774. The summed E-state index contributed by atoms with van der Waals surface area (Å²) >= 11 is 1.55. The summed E-state index contributed by atoms with van der Waals surface area (Å²) in [6, 6.07) is 4.71. The number of hydrogen-bond donors (Lipinski definition) is 1. The van der Waals surface area contributed by atoms with Crippen LogP contribution in [0.25, 0.3) is 0 Å². The van der Waals surface area contributed by atoms with E-state index in [4.69, 9.17) is 14.6 Å². The monoisotopic (exact) mass is 364 g/mol. The number of ether oxygens (including phenoxy) is 2. The van der Waals surface area contributed by atoms with Crippen molar-refractivity contribution < 1.29 is 24.2 Å². The molecule has 0 aliphatic heterocycles. The summed E-state index contributed by atoms with van der Waals surface area (Å²) in [5.74, 6) is -0.614. The van der Waals surface area contributed by atoms with E-state index in [0.29, 0.717) is 30.2 Å². The third kappa shape index (κ3) is 5.18. The molecule has 0 fully saturated rings. The average molecular weight is 364 g/mol. The molecule has 0 bridgehead atoms.